The van der Waals surface area contributed by atoms with Gasteiger partial charge in [0.1, 0.15) is 0 Å². The van der Waals surface area contributed by atoms with Gasteiger partial charge < -0.3 is 5.11 Å². The number of hydrogen-bond donors (Lipinski definition) is 1. The van der Waals surface area contributed by atoms with Gasteiger partial charge in [-0.25, -0.2) is 0 Å². The van der Waals surface area contributed by atoms with E-state index in [1.165, 1.54) is 43.2 Å². The summed E-state index contributed by atoms with van der Waals surface area (Å²) < 4.78 is 0. The first-order chi connectivity index (χ1) is 13.1. The van der Waals surface area contributed by atoms with Gasteiger partial charge in [0.05, 0.1) is 6.10 Å². The Morgan fingerprint density at radius 3 is 2.37 bits per heavy atom. The fourth-order valence-electron chi connectivity index (χ4n) is 4.53. The minimum atomic E-state index is -0.405. The lowest BCUT2D eigenvalue weighted by molar-refractivity contribution is 0.0373. The average Bonchev–Trinajstić information content (AvgIpc) is 3.54. The van der Waals surface area contributed by atoms with Crippen LogP contribution >= 0.6 is 0 Å². The number of nitrogens with zero attached hydrogens (tertiary/aromatic N) is 1. The number of rotatable bonds is 6. The van der Waals surface area contributed by atoms with E-state index in [0.717, 1.165) is 30.5 Å². The summed E-state index contributed by atoms with van der Waals surface area (Å²) in [6.07, 6.45) is 6.03. The number of hydrogen-bond acceptors (Lipinski definition) is 2. The Morgan fingerprint density at radius 2 is 1.70 bits per heavy atom. The summed E-state index contributed by atoms with van der Waals surface area (Å²) in [5, 5.41) is 10.8. The zero-order valence-corrected chi connectivity index (χ0v) is 16.8. The van der Waals surface area contributed by atoms with Gasteiger partial charge in [-0.3, -0.25) is 4.90 Å². The SMILES string of the molecule is Cc1ccc(C(O)C(C)N2CCC(Cc3cccc(C4CC4)c3)CC2)cc1. The third kappa shape index (κ3) is 4.62. The van der Waals surface area contributed by atoms with Crippen LogP contribution in [0.4, 0.5) is 0 Å². The molecule has 2 atom stereocenters. The van der Waals surface area contributed by atoms with Crippen LogP contribution in [0.1, 0.15) is 66.9 Å². The van der Waals surface area contributed by atoms with Crippen molar-refractivity contribution in [3.63, 3.8) is 0 Å². The molecule has 1 aliphatic heterocycles. The van der Waals surface area contributed by atoms with E-state index in [-0.39, 0.29) is 6.04 Å². The summed E-state index contributed by atoms with van der Waals surface area (Å²) in [5.41, 5.74) is 5.35. The Bertz CT molecular complexity index is 741. The lowest BCUT2D eigenvalue weighted by Gasteiger charge is -2.38. The Balaban J connectivity index is 1.30. The van der Waals surface area contributed by atoms with E-state index >= 15 is 0 Å². The number of piperidine rings is 1. The zero-order valence-electron chi connectivity index (χ0n) is 16.8. The predicted molar refractivity (Wildman–Crippen MR) is 112 cm³/mol. The van der Waals surface area contributed by atoms with Crippen molar-refractivity contribution in [2.24, 2.45) is 5.92 Å². The molecule has 1 aliphatic carbocycles. The average molecular weight is 364 g/mol. The zero-order chi connectivity index (χ0) is 18.8. The van der Waals surface area contributed by atoms with E-state index in [9.17, 15) is 5.11 Å². The molecule has 144 valence electrons. The van der Waals surface area contributed by atoms with Crippen molar-refractivity contribution in [2.75, 3.05) is 13.1 Å². The molecule has 0 radical (unpaired) electrons. The quantitative estimate of drug-likeness (QED) is 0.758. The van der Waals surface area contributed by atoms with E-state index in [2.05, 4.69) is 67.3 Å². The molecule has 0 amide bonds. The highest BCUT2D eigenvalue weighted by Crippen LogP contribution is 2.40. The van der Waals surface area contributed by atoms with Crippen molar-refractivity contribution in [3.8, 4) is 0 Å². The topological polar surface area (TPSA) is 23.5 Å². The molecule has 1 saturated carbocycles. The second-order valence-electron chi connectivity index (χ2n) is 8.80. The van der Waals surface area contributed by atoms with Crippen LogP contribution in [0, 0.1) is 12.8 Å². The molecule has 1 saturated heterocycles. The molecular formula is C25H33NO. The van der Waals surface area contributed by atoms with Gasteiger partial charge in [0.2, 0.25) is 0 Å². The molecule has 2 heteroatoms. The molecule has 2 nitrogen and oxygen atoms in total. The van der Waals surface area contributed by atoms with E-state index < -0.39 is 6.10 Å². The van der Waals surface area contributed by atoms with E-state index in [4.69, 9.17) is 0 Å². The second kappa shape index (κ2) is 8.16. The number of likely N-dealkylation sites (tertiary alicyclic amines) is 1. The molecule has 2 aliphatic rings. The first-order valence-corrected chi connectivity index (χ1v) is 10.7. The van der Waals surface area contributed by atoms with Crippen molar-refractivity contribution < 1.29 is 5.11 Å². The monoisotopic (exact) mass is 363 g/mol. The number of aryl methyl sites for hydroxylation is 1. The molecule has 2 fully saturated rings. The maximum atomic E-state index is 10.8. The molecular weight excluding hydrogens is 330 g/mol. The molecule has 1 heterocycles. The minimum Gasteiger partial charge on any atom is -0.387 e. The Kier molecular flexibility index (Phi) is 5.66. The Morgan fingerprint density at radius 1 is 1.00 bits per heavy atom. The Hall–Kier alpha value is -1.64. The largest absolute Gasteiger partial charge is 0.387 e. The number of benzene rings is 2. The van der Waals surface area contributed by atoms with Crippen LogP contribution in [0.2, 0.25) is 0 Å². The maximum absolute atomic E-state index is 10.8. The third-order valence-electron chi connectivity index (χ3n) is 6.63. The fraction of sp³-hybridized carbons (Fsp3) is 0.520. The summed E-state index contributed by atoms with van der Waals surface area (Å²) in [7, 11) is 0. The second-order valence-corrected chi connectivity index (χ2v) is 8.80. The predicted octanol–water partition coefficient (Wildman–Crippen LogP) is 5.25. The van der Waals surface area contributed by atoms with Crippen LogP contribution in [0.5, 0.6) is 0 Å². The lowest BCUT2D eigenvalue weighted by atomic mass is 9.88. The summed E-state index contributed by atoms with van der Waals surface area (Å²) in [6, 6.07) is 17.8. The summed E-state index contributed by atoms with van der Waals surface area (Å²) in [4.78, 5) is 2.47. The molecule has 2 unspecified atom stereocenters. The van der Waals surface area contributed by atoms with E-state index in [0.29, 0.717) is 0 Å². The Labute approximate surface area is 164 Å². The van der Waals surface area contributed by atoms with Crippen molar-refractivity contribution in [1.29, 1.82) is 0 Å². The normalized spacial score (nSPS) is 21.1. The van der Waals surface area contributed by atoms with Crippen molar-refractivity contribution in [2.45, 2.75) is 64.0 Å². The molecule has 2 aromatic carbocycles. The highest BCUT2D eigenvalue weighted by atomic mass is 16.3. The van der Waals surface area contributed by atoms with Gasteiger partial charge in [-0.15, -0.1) is 0 Å². The lowest BCUT2D eigenvalue weighted by Crippen LogP contribution is -2.43. The van der Waals surface area contributed by atoms with Crippen LogP contribution in [0.3, 0.4) is 0 Å². The fourth-order valence-corrected chi connectivity index (χ4v) is 4.53. The summed E-state index contributed by atoms with van der Waals surface area (Å²) in [6.45, 7) is 6.45. The number of aliphatic hydroxyl groups excluding tert-OH is 1. The van der Waals surface area contributed by atoms with Gasteiger partial charge in [0, 0.05) is 6.04 Å². The van der Waals surface area contributed by atoms with Gasteiger partial charge >= 0.3 is 0 Å². The maximum Gasteiger partial charge on any atom is 0.0942 e. The summed E-state index contributed by atoms with van der Waals surface area (Å²) >= 11 is 0. The number of aliphatic hydroxyl groups is 1. The molecule has 4 rings (SSSR count). The molecule has 1 N–H and O–H groups in total. The first-order valence-electron chi connectivity index (χ1n) is 10.7. The standard InChI is InChI=1S/C25H33NO/c1-18-6-8-23(9-7-18)25(27)19(2)26-14-12-20(13-15-26)16-21-4-3-5-24(17-21)22-10-11-22/h3-9,17,19-20,22,25,27H,10-16H2,1-2H3. The minimum absolute atomic E-state index is 0.173. The van der Waals surface area contributed by atoms with Gasteiger partial charge in [-0.1, -0.05) is 54.1 Å². The molecule has 0 spiro atoms. The van der Waals surface area contributed by atoms with Gasteiger partial charge in [-0.05, 0) is 87.6 Å². The molecule has 2 aromatic rings. The summed E-state index contributed by atoms with van der Waals surface area (Å²) in [5.74, 6) is 1.62. The van der Waals surface area contributed by atoms with Crippen LogP contribution in [0.25, 0.3) is 0 Å². The molecule has 27 heavy (non-hydrogen) atoms. The van der Waals surface area contributed by atoms with E-state index in [1.807, 2.05) is 0 Å². The van der Waals surface area contributed by atoms with Crippen molar-refractivity contribution in [1.82, 2.24) is 4.90 Å². The molecule has 0 bridgehead atoms. The first kappa shape index (κ1) is 18.7. The van der Waals surface area contributed by atoms with Crippen LogP contribution < -0.4 is 0 Å². The van der Waals surface area contributed by atoms with Crippen LogP contribution in [0.15, 0.2) is 48.5 Å². The van der Waals surface area contributed by atoms with Gasteiger partial charge in [0.15, 0.2) is 0 Å². The third-order valence-corrected chi connectivity index (χ3v) is 6.63. The highest BCUT2D eigenvalue weighted by Gasteiger charge is 2.28. The van der Waals surface area contributed by atoms with Crippen molar-refractivity contribution in [3.05, 3.63) is 70.8 Å². The van der Waals surface area contributed by atoms with E-state index in [1.54, 1.807) is 5.56 Å². The van der Waals surface area contributed by atoms with Crippen molar-refractivity contribution >= 4 is 0 Å². The van der Waals surface area contributed by atoms with Gasteiger partial charge in [-0.2, -0.15) is 0 Å². The smallest absolute Gasteiger partial charge is 0.0942 e. The van der Waals surface area contributed by atoms with Crippen LogP contribution in [-0.2, 0) is 6.42 Å². The van der Waals surface area contributed by atoms with Crippen LogP contribution in [-0.4, -0.2) is 29.1 Å². The van der Waals surface area contributed by atoms with Gasteiger partial charge in [0.25, 0.3) is 0 Å². The molecule has 0 aromatic heterocycles. The highest BCUT2D eigenvalue weighted by molar-refractivity contribution is 5.29.